The van der Waals surface area contributed by atoms with Crippen LogP contribution in [0.2, 0.25) is 0 Å². The largest absolute Gasteiger partial charge is 0.387 e. The van der Waals surface area contributed by atoms with Crippen LogP contribution in [0, 0.1) is 11.6 Å². The number of nitrogens with zero attached hydrogens (tertiary/aromatic N) is 1. The van der Waals surface area contributed by atoms with E-state index in [1.54, 1.807) is 0 Å². The minimum Gasteiger partial charge on any atom is -0.387 e. The van der Waals surface area contributed by atoms with Crippen molar-refractivity contribution in [2.75, 3.05) is 39.3 Å². The number of aliphatic hydroxyl groups excluding tert-OH is 1. The number of aliphatic hydroxyl groups is 1. The minimum atomic E-state index is -0.944. The molecule has 1 aromatic rings. The van der Waals surface area contributed by atoms with Gasteiger partial charge >= 0.3 is 0 Å². The van der Waals surface area contributed by atoms with E-state index in [0.29, 0.717) is 18.7 Å². The molecule has 2 atom stereocenters. The molecule has 0 aliphatic carbocycles. The number of morpholine rings is 1. The van der Waals surface area contributed by atoms with E-state index in [1.807, 2.05) is 0 Å². The summed E-state index contributed by atoms with van der Waals surface area (Å²) in [5.41, 5.74) is 0.362. The highest BCUT2D eigenvalue weighted by molar-refractivity contribution is 5.20. The summed E-state index contributed by atoms with van der Waals surface area (Å²) in [6.07, 6.45) is -0.776. The molecule has 6 heteroatoms. The Morgan fingerprint density at radius 1 is 1.43 bits per heavy atom. The van der Waals surface area contributed by atoms with E-state index in [9.17, 15) is 13.9 Å². The fourth-order valence-electron chi connectivity index (χ4n) is 2.41. The van der Waals surface area contributed by atoms with E-state index in [-0.39, 0.29) is 12.6 Å². The van der Waals surface area contributed by atoms with Crippen LogP contribution in [0.15, 0.2) is 18.2 Å². The van der Waals surface area contributed by atoms with Crippen LogP contribution in [0.25, 0.3) is 0 Å². The molecule has 1 saturated heterocycles. The van der Waals surface area contributed by atoms with Gasteiger partial charge in [0.05, 0.1) is 18.8 Å². The second kappa shape index (κ2) is 7.79. The molecule has 2 rings (SSSR count). The number of likely N-dealkylation sites (N-methyl/N-ethyl adjacent to an activating group) is 1. The number of rotatable bonds is 6. The predicted octanol–water partition coefficient (Wildman–Crippen LogP) is 1.31. The molecule has 0 amide bonds. The van der Waals surface area contributed by atoms with E-state index in [4.69, 9.17) is 4.74 Å². The van der Waals surface area contributed by atoms with Crippen LogP contribution in [0.3, 0.4) is 0 Å². The second-order valence-electron chi connectivity index (χ2n) is 5.23. The molecule has 0 bridgehead atoms. The number of ether oxygens (including phenoxy) is 1. The highest BCUT2D eigenvalue weighted by Gasteiger charge is 2.19. The first-order chi connectivity index (χ1) is 10.1. The summed E-state index contributed by atoms with van der Waals surface area (Å²) in [6.45, 7) is 6.54. The third-order valence-corrected chi connectivity index (χ3v) is 3.71. The maximum absolute atomic E-state index is 13.1. The van der Waals surface area contributed by atoms with Gasteiger partial charge < -0.3 is 15.2 Å². The van der Waals surface area contributed by atoms with Crippen molar-refractivity contribution in [1.29, 1.82) is 0 Å². The van der Waals surface area contributed by atoms with Gasteiger partial charge in [0.25, 0.3) is 0 Å². The molecular weight excluding hydrogens is 278 g/mol. The molecule has 0 aromatic heterocycles. The molecule has 1 heterocycles. The minimum absolute atomic E-state index is 0.0934. The average Bonchev–Trinajstić information content (AvgIpc) is 2.50. The van der Waals surface area contributed by atoms with E-state index >= 15 is 0 Å². The Morgan fingerprint density at radius 3 is 2.95 bits per heavy atom. The SMILES string of the molecule is CCN1CCOC(CNCC(O)c2ccc(F)c(F)c2)C1. The fourth-order valence-corrected chi connectivity index (χ4v) is 2.41. The third kappa shape index (κ3) is 4.71. The molecule has 1 fully saturated rings. The lowest BCUT2D eigenvalue weighted by Crippen LogP contribution is -2.46. The molecule has 2 unspecified atom stereocenters. The predicted molar refractivity (Wildman–Crippen MR) is 76.0 cm³/mol. The highest BCUT2D eigenvalue weighted by Crippen LogP contribution is 2.15. The summed E-state index contributed by atoms with van der Waals surface area (Å²) >= 11 is 0. The molecule has 1 aliphatic rings. The summed E-state index contributed by atoms with van der Waals surface area (Å²) in [6, 6.07) is 3.44. The van der Waals surface area contributed by atoms with E-state index in [0.717, 1.165) is 31.8 Å². The summed E-state index contributed by atoms with van der Waals surface area (Å²) < 4.78 is 31.6. The van der Waals surface area contributed by atoms with E-state index < -0.39 is 17.7 Å². The zero-order valence-corrected chi connectivity index (χ0v) is 12.2. The first-order valence-corrected chi connectivity index (χ1v) is 7.27. The Kier molecular flexibility index (Phi) is 6.05. The van der Waals surface area contributed by atoms with Crippen LogP contribution in [0.1, 0.15) is 18.6 Å². The van der Waals surface area contributed by atoms with Crippen molar-refractivity contribution in [3.05, 3.63) is 35.4 Å². The molecule has 21 heavy (non-hydrogen) atoms. The van der Waals surface area contributed by atoms with Crippen LogP contribution in [0.4, 0.5) is 8.78 Å². The molecule has 0 saturated carbocycles. The summed E-state index contributed by atoms with van der Waals surface area (Å²) in [5, 5.41) is 13.1. The first kappa shape index (κ1) is 16.3. The summed E-state index contributed by atoms with van der Waals surface area (Å²) in [4.78, 5) is 2.31. The van der Waals surface area contributed by atoms with Gasteiger partial charge in [-0.1, -0.05) is 13.0 Å². The zero-order valence-electron chi connectivity index (χ0n) is 12.2. The monoisotopic (exact) mass is 300 g/mol. The summed E-state index contributed by atoms with van der Waals surface area (Å²) in [7, 11) is 0. The van der Waals surface area contributed by atoms with Gasteiger partial charge in [0.1, 0.15) is 0 Å². The molecule has 4 nitrogen and oxygen atoms in total. The van der Waals surface area contributed by atoms with Gasteiger partial charge in [-0.25, -0.2) is 8.78 Å². The lowest BCUT2D eigenvalue weighted by Gasteiger charge is -2.32. The smallest absolute Gasteiger partial charge is 0.159 e. The maximum Gasteiger partial charge on any atom is 0.159 e. The van der Waals surface area contributed by atoms with Gasteiger partial charge in [-0.05, 0) is 24.2 Å². The number of nitrogens with one attached hydrogen (secondary N) is 1. The maximum atomic E-state index is 13.1. The van der Waals surface area contributed by atoms with Crippen LogP contribution in [-0.2, 0) is 4.74 Å². The van der Waals surface area contributed by atoms with Crippen LogP contribution >= 0.6 is 0 Å². The Labute approximate surface area is 123 Å². The Hall–Kier alpha value is -1.08. The van der Waals surface area contributed by atoms with Crippen molar-refractivity contribution >= 4 is 0 Å². The molecule has 1 aliphatic heterocycles. The number of hydrogen-bond acceptors (Lipinski definition) is 4. The summed E-state index contributed by atoms with van der Waals surface area (Å²) in [5.74, 6) is -1.85. The first-order valence-electron chi connectivity index (χ1n) is 7.27. The van der Waals surface area contributed by atoms with E-state index in [2.05, 4.69) is 17.1 Å². The van der Waals surface area contributed by atoms with Gasteiger partial charge in [-0.15, -0.1) is 0 Å². The topological polar surface area (TPSA) is 44.7 Å². The molecule has 118 valence electrons. The van der Waals surface area contributed by atoms with Gasteiger partial charge in [0, 0.05) is 26.2 Å². The van der Waals surface area contributed by atoms with Crippen molar-refractivity contribution in [2.45, 2.75) is 19.1 Å². The van der Waals surface area contributed by atoms with Crippen molar-refractivity contribution in [2.24, 2.45) is 0 Å². The second-order valence-corrected chi connectivity index (χ2v) is 5.23. The molecule has 1 aromatic carbocycles. The number of halogens is 2. The Morgan fingerprint density at radius 2 is 2.24 bits per heavy atom. The standard InChI is InChI=1S/C15H22F2N2O2/c1-2-19-5-6-21-12(10-19)8-18-9-15(20)11-3-4-13(16)14(17)7-11/h3-4,7,12,15,18,20H,2,5-6,8-10H2,1H3. The number of benzene rings is 1. The Balaban J connectivity index is 1.76. The van der Waals surface area contributed by atoms with Crippen LogP contribution in [-0.4, -0.2) is 55.4 Å². The van der Waals surface area contributed by atoms with Crippen LogP contribution < -0.4 is 5.32 Å². The van der Waals surface area contributed by atoms with Crippen molar-refractivity contribution < 1.29 is 18.6 Å². The molecule has 0 spiro atoms. The van der Waals surface area contributed by atoms with Gasteiger partial charge in [-0.2, -0.15) is 0 Å². The van der Waals surface area contributed by atoms with Crippen molar-refractivity contribution in [3.63, 3.8) is 0 Å². The van der Waals surface area contributed by atoms with Crippen molar-refractivity contribution in [3.8, 4) is 0 Å². The van der Waals surface area contributed by atoms with E-state index in [1.165, 1.54) is 6.07 Å². The lowest BCUT2D eigenvalue weighted by molar-refractivity contribution is -0.0262. The quantitative estimate of drug-likeness (QED) is 0.831. The third-order valence-electron chi connectivity index (χ3n) is 3.71. The van der Waals surface area contributed by atoms with Crippen molar-refractivity contribution in [1.82, 2.24) is 10.2 Å². The van der Waals surface area contributed by atoms with Gasteiger partial charge in [0.2, 0.25) is 0 Å². The lowest BCUT2D eigenvalue weighted by atomic mass is 10.1. The average molecular weight is 300 g/mol. The zero-order chi connectivity index (χ0) is 15.2. The Bertz CT molecular complexity index is 459. The van der Waals surface area contributed by atoms with Gasteiger partial charge in [0.15, 0.2) is 11.6 Å². The highest BCUT2D eigenvalue weighted by atomic mass is 19.2. The fraction of sp³-hybridized carbons (Fsp3) is 0.600. The molecular formula is C15H22F2N2O2. The number of hydrogen-bond donors (Lipinski definition) is 2. The normalized spacial score (nSPS) is 21.4. The molecule has 2 N–H and O–H groups in total. The van der Waals surface area contributed by atoms with Crippen LogP contribution in [0.5, 0.6) is 0 Å². The van der Waals surface area contributed by atoms with Gasteiger partial charge in [-0.3, -0.25) is 4.90 Å². The molecule has 0 radical (unpaired) electrons.